The molecule has 0 aromatic heterocycles. The molecule has 0 unspecified atom stereocenters. The first-order valence-electron chi connectivity index (χ1n) is 9.54. The van der Waals surface area contributed by atoms with Crippen molar-refractivity contribution in [1.82, 2.24) is 5.32 Å². The molecule has 0 fully saturated rings. The Morgan fingerprint density at radius 1 is 1.12 bits per heavy atom. The summed E-state index contributed by atoms with van der Waals surface area (Å²) in [5.74, 6) is -5.16. The summed E-state index contributed by atoms with van der Waals surface area (Å²) in [6, 6.07) is 6.23. The lowest BCUT2D eigenvalue weighted by molar-refractivity contribution is -0.384. The van der Waals surface area contributed by atoms with Gasteiger partial charge in [-0.2, -0.15) is 0 Å². The fraction of sp³-hybridized carbons (Fsp3) is 0.286. The highest BCUT2D eigenvalue weighted by Crippen LogP contribution is 2.27. The van der Waals surface area contributed by atoms with E-state index in [4.69, 9.17) is 10.5 Å². The van der Waals surface area contributed by atoms with Gasteiger partial charge < -0.3 is 15.8 Å². The SMILES string of the molecule is CCOC(=O)C[C@@H](c1ccc([N+](=O)[O-])cc1)[C@H](NC(=O)Cc1cc(F)cc(F)c1)C(N)=O. The van der Waals surface area contributed by atoms with Gasteiger partial charge >= 0.3 is 5.97 Å². The molecule has 0 saturated carbocycles. The first-order valence-corrected chi connectivity index (χ1v) is 9.54. The van der Waals surface area contributed by atoms with Crippen molar-refractivity contribution in [2.24, 2.45) is 5.73 Å². The van der Waals surface area contributed by atoms with E-state index in [1.165, 1.54) is 24.3 Å². The number of amides is 2. The largest absolute Gasteiger partial charge is 0.466 e. The highest BCUT2D eigenvalue weighted by molar-refractivity contribution is 5.89. The average molecular weight is 449 g/mol. The predicted octanol–water partition coefficient (Wildman–Crippen LogP) is 2.12. The number of nitrogens with one attached hydrogen (secondary N) is 1. The lowest BCUT2D eigenvalue weighted by Crippen LogP contribution is -2.49. The van der Waals surface area contributed by atoms with Crippen LogP contribution in [0.5, 0.6) is 0 Å². The van der Waals surface area contributed by atoms with Gasteiger partial charge in [0.15, 0.2) is 0 Å². The van der Waals surface area contributed by atoms with Crippen LogP contribution < -0.4 is 11.1 Å². The van der Waals surface area contributed by atoms with Crippen LogP contribution in [-0.4, -0.2) is 35.4 Å². The molecule has 32 heavy (non-hydrogen) atoms. The Balaban J connectivity index is 2.30. The van der Waals surface area contributed by atoms with Gasteiger partial charge in [-0.05, 0) is 30.2 Å². The van der Waals surface area contributed by atoms with Crippen molar-refractivity contribution >= 4 is 23.5 Å². The molecule has 0 heterocycles. The molecule has 2 aromatic rings. The molecule has 3 N–H and O–H groups in total. The molecule has 0 aliphatic carbocycles. The zero-order valence-electron chi connectivity index (χ0n) is 17.0. The number of non-ortho nitro benzene ring substituents is 1. The Hall–Kier alpha value is -3.89. The number of carbonyl (C=O) groups excluding carboxylic acids is 3. The summed E-state index contributed by atoms with van der Waals surface area (Å²) in [5, 5.41) is 13.3. The first-order chi connectivity index (χ1) is 15.1. The number of halogens is 2. The second-order valence-corrected chi connectivity index (χ2v) is 6.87. The maximum atomic E-state index is 13.4. The van der Waals surface area contributed by atoms with E-state index in [-0.39, 0.29) is 24.3 Å². The number of esters is 1. The molecule has 0 bridgehead atoms. The maximum Gasteiger partial charge on any atom is 0.306 e. The number of rotatable bonds is 10. The number of primary amides is 1. The molecule has 0 radical (unpaired) electrons. The van der Waals surface area contributed by atoms with Crippen LogP contribution in [0.4, 0.5) is 14.5 Å². The Morgan fingerprint density at radius 3 is 2.22 bits per heavy atom. The van der Waals surface area contributed by atoms with Crippen molar-refractivity contribution in [3.05, 3.63) is 75.3 Å². The maximum absolute atomic E-state index is 13.4. The number of ether oxygens (including phenoxy) is 1. The standard InChI is InChI=1S/C21H21F2N3O6/c1-2-32-19(28)11-17(13-3-5-16(6-4-13)26(30)31)20(21(24)29)25-18(27)9-12-7-14(22)10-15(23)8-12/h3-8,10,17,20H,2,9,11H2,1H3,(H2,24,29)(H,25,27)/t17-,20-/m0/s1. The van der Waals surface area contributed by atoms with Crippen LogP contribution in [0.2, 0.25) is 0 Å². The van der Waals surface area contributed by atoms with E-state index in [1.54, 1.807) is 6.92 Å². The van der Waals surface area contributed by atoms with Crippen molar-refractivity contribution in [2.75, 3.05) is 6.61 Å². The van der Waals surface area contributed by atoms with Gasteiger partial charge in [-0.3, -0.25) is 24.5 Å². The van der Waals surface area contributed by atoms with Crippen molar-refractivity contribution in [3.8, 4) is 0 Å². The third-order valence-corrected chi connectivity index (χ3v) is 4.54. The Morgan fingerprint density at radius 2 is 1.72 bits per heavy atom. The van der Waals surface area contributed by atoms with Crippen LogP contribution in [0.3, 0.4) is 0 Å². The summed E-state index contributed by atoms with van der Waals surface area (Å²) in [4.78, 5) is 47.0. The molecular formula is C21H21F2N3O6. The van der Waals surface area contributed by atoms with Gasteiger partial charge in [-0.15, -0.1) is 0 Å². The molecule has 2 rings (SSSR count). The summed E-state index contributed by atoms with van der Waals surface area (Å²) in [6.45, 7) is 1.66. The van der Waals surface area contributed by atoms with Crippen LogP contribution in [-0.2, 0) is 25.5 Å². The lowest BCUT2D eigenvalue weighted by Gasteiger charge is -2.25. The number of carbonyl (C=O) groups is 3. The Bertz CT molecular complexity index is 993. The summed E-state index contributed by atoms with van der Waals surface area (Å²) in [5.41, 5.74) is 5.60. The van der Waals surface area contributed by atoms with E-state index in [2.05, 4.69) is 5.32 Å². The lowest BCUT2D eigenvalue weighted by atomic mass is 9.87. The smallest absolute Gasteiger partial charge is 0.306 e. The first kappa shape index (κ1) is 24.4. The molecule has 11 heteroatoms. The predicted molar refractivity (Wildman–Crippen MR) is 108 cm³/mol. The molecular weight excluding hydrogens is 428 g/mol. The molecule has 0 saturated heterocycles. The number of nitrogens with zero attached hydrogens (tertiary/aromatic N) is 1. The molecule has 2 atom stereocenters. The Labute approximate surface area is 181 Å². The second-order valence-electron chi connectivity index (χ2n) is 6.87. The van der Waals surface area contributed by atoms with Crippen molar-refractivity contribution in [3.63, 3.8) is 0 Å². The van der Waals surface area contributed by atoms with Gasteiger partial charge in [0.05, 0.1) is 24.4 Å². The molecule has 0 aliphatic heterocycles. The number of nitro groups is 1. The van der Waals surface area contributed by atoms with Crippen LogP contribution in [0.1, 0.15) is 30.4 Å². The van der Waals surface area contributed by atoms with Gasteiger partial charge in [0.2, 0.25) is 11.8 Å². The van der Waals surface area contributed by atoms with E-state index in [0.717, 1.165) is 12.1 Å². The average Bonchev–Trinajstić information content (AvgIpc) is 2.70. The fourth-order valence-electron chi connectivity index (χ4n) is 3.16. The van der Waals surface area contributed by atoms with Gasteiger partial charge in [0, 0.05) is 24.1 Å². The molecule has 0 spiro atoms. The Kier molecular flexibility index (Phi) is 8.33. The second kappa shape index (κ2) is 10.9. The monoisotopic (exact) mass is 449 g/mol. The van der Waals surface area contributed by atoms with Gasteiger partial charge in [0.1, 0.15) is 17.7 Å². The highest BCUT2D eigenvalue weighted by Gasteiger charge is 2.32. The number of benzene rings is 2. The summed E-state index contributed by atoms with van der Waals surface area (Å²) < 4.78 is 31.7. The van der Waals surface area contributed by atoms with E-state index in [0.29, 0.717) is 11.6 Å². The zero-order valence-corrected chi connectivity index (χ0v) is 17.0. The number of nitro benzene ring substituents is 1. The summed E-state index contributed by atoms with van der Waals surface area (Å²) >= 11 is 0. The minimum atomic E-state index is -1.40. The number of hydrogen-bond donors (Lipinski definition) is 2. The van der Waals surface area contributed by atoms with Crippen LogP contribution >= 0.6 is 0 Å². The minimum Gasteiger partial charge on any atom is -0.466 e. The van der Waals surface area contributed by atoms with Crippen LogP contribution in [0.15, 0.2) is 42.5 Å². The highest BCUT2D eigenvalue weighted by atomic mass is 19.1. The molecule has 2 aromatic carbocycles. The van der Waals surface area contributed by atoms with E-state index in [1.807, 2.05) is 0 Å². The quantitative estimate of drug-likeness (QED) is 0.323. The number of nitrogens with two attached hydrogens (primary N) is 1. The van der Waals surface area contributed by atoms with Crippen LogP contribution in [0.25, 0.3) is 0 Å². The van der Waals surface area contributed by atoms with Crippen LogP contribution in [0, 0.1) is 21.7 Å². The minimum absolute atomic E-state index is 0.0282. The topological polar surface area (TPSA) is 142 Å². The van der Waals surface area contributed by atoms with Gasteiger partial charge in [0.25, 0.3) is 5.69 Å². The summed E-state index contributed by atoms with van der Waals surface area (Å²) in [6.07, 6.45) is -0.807. The zero-order chi connectivity index (χ0) is 23.8. The molecule has 9 nitrogen and oxygen atoms in total. The van der Waals surface area contributed by atoms with E-state index in [9.17, 15) is 33.3 Å². The van der Waals surface area contributed by atoms with Gasteiger partial charge in [-0.25, -0.2) is 8.78 Å². The van der Waals surface area contributed by atoms with Gasteiger partial charge in [-0.1, -0.05) is 12.1 Å². The van der Waals surface area contributed by atoms with Crippen molar-refractivity contribution in [2.45, 2.75) is 31.7 Å². The molecule has 0 aliphatic rings. The molecule has 170 valence electrons. The van der Waals surface area contributed by atoms with Crippen molar-refractivity contribution < 1.29 is 32.8 Å². The molecule has 2 amide bonds. The summed E-state index contributed by atoms with van der Waals surface area (Å²) in [7, 11) is 0. The van der Waals surface area contributed by atoms with E-state index >= 15 is 0 Å². The normalized spacial score (nSPS) is 12.5. The van der Waals surface area contributed by atoms with E-state index < -0.39 is 52.7 Å². The number of hydrogen-bond acceptors (Lipinski definition) is 6. The van der Waals surface area contributed by atoms with Crippen molar-refractivity contribution in [1.29, 1.82) is 0 Å². The fourth-order valence-corrected chi connectivity index (χ4v) is 3.16. The third kappa shape index (κ3) is 6.83. The third-order valence-electron chi connectivity index (χ3n) is 4.54.